The summed E-state index contributed by atoms with van der Waals surface area (Å²) >= 11 is 6.44. The zero-order valence-electron chi connectivity index (χ0n) is 15.1. The van der Waals surface area contributed by atoms with Crippen molar-refractivity contribution in [3.05, 3.63) is 70.5 Å². The number of nitrogens with one attached hydrogen (secondary N) is 1. The van der Waals surface area contributed by atoms with Crippen molar-refractivity contribution in [3.8, 4) is 17.2 Å². The highest BCUT2D eigenvalue weighted by molar-refractivity contribution is 6.32. The van der Waals surface area contributed by atoms with Gasteiger partial charge in [-0.25, -0.2) is 10.1 Å². The molecule has 1 aliphatic heterocycles. The number of amides is 1. The van der Waals surface area contributed by atoms with Crippen molar-refractivity contribution in [3.63, 3.8) is 0 Å². The third-order valence-electron chi connectivity index (χ3n) is 4.21. The molecule has 0 aliphatic carbocycles. The molecule has 0 atom stereocenters. The van der Waals surface area contributed by atoms with Crippen LogP contribution in [-0.4, -0.2) is 35.1 Å². The lowest BCUT2D eigenvalue weighted by Crippen LogP contribution is -2.19. The topological polar surface area (TPSA) is 77.7 Å². The van der Waals surface area contributed by atoms with Crippen LogP contribution in [0.1, 0.15) is 21.6 Å². The zero-order valence-corrected chi connectivity index (χ0v) is 15.8. The number of para-hydroxylation sites is 1. The summed E-state index contributed by atoms with van der Waals surface area (Å²) in [5.41, 5.74) is 5.09. The minimum absolute atomic E-state index is 0.363. The Morgan fingerprint density at radius 1 is 1.18 bits per heavy atom. The molecule has 8 heteroatoms. The van der Waals surface area contributed by atoms with E-state index in [2.05, 4.69) is 15.6 Å². The number of rotatable bonds is 4. The van der Waals surface area contributed by atoms with Gasteiger partial charge >= 0.3 is 0 Å². The molecule has 0 spiro atoms. The highest BCUT2D eigenvalue weighted by Crippen LogP contribution is 2.30. The number of ether oxygens (including phenoxy) is 2. The lowest BCUT2D eigenvalue weighted by Gasteiger charge is -2.18. The van der Waals surface area contributed by atoms with Crippen LogP contribution in [0, 0.1) is 6.92 Å². The first kappa shape index (κ1) is 18.1. The van der Waals surface area contributed by atoms with Crippen molar-refractivity contribution in [2.24, 2.45) is 5.10 Å². The van der Waals surface area contributed by atoms with E-state index in [1.54, 1.807) is 22.9 Å². The zero-order chi connectivity index (χ0) is 19.5. The number of carbonyl (C=O) groups excluding carboxylic acids is 1. The van der Waals surface area contributed by atoms with Gasteiger partial charge in [0.15, 0.2) is 11.5 Å². The molecule has 2 heterocycles. The maximum absolute atomic E-state index is 12.3. The van der Waals surface area contributed by atoms with Gasteiger partial charge in [-0.05, 0) is 37.3 Å². The Morgan fingerprint density at radius 3 is 2.71 bits per heavy atom. The second kappa shape index (κ2) is 7.74. The first-order valence-corrected chi connectivity index (χ1v) is 9.05. The molecule has 2 aromatic carbocycles. The fourth-order valence-electron chi connectivity index (χ4n) is 2.80. The van der Waals surface area contributed by atoms with Crippen molar-refractivity contribution in [2.45, 2.75) is 6.92 Å². The molecule has 0 saturated carbocycles. The van der Waals surface area contributed by atoms with Crippen LogP contribution in [-0.2, 0) is 0 Å². The molecule has 0 bridgehead atoms. The van der Waals surface area contributed by atoms with Crippen LogP contribution in [0.2, 0.25) is 5.15 Å². The highest BCUT2D eigenvalue weighted by Gasteiger charge is 2.15. The first-order chi connectivity index (χ1) is 13.6. The predicted octanol–water partition coefficient (Wildman–Crippen LogP) is 3.37. The Bertz CT molecular complexity index is 1050. The summed E-state index contributed by atoms with van der Waals surface area (Å²) in [6.45, 7) is 2.79. The highest BCUT2D eigenvalue weighted by atomic mass is 35.5. The average molecular weight is 397 g/mol. The van der Waals surface area contributed by atoms with Crippen molar-refractivity contribution in [1.29, 1.82) is 0 Å². The fraction of sp³-hybridized carbons (Fsp3) is 0.150. The molecule has 4 rings (SSSR count). The van der Waals surface area contributed by atoms with E-state index in [-0.39, 0.29) is 5.91 Å². The van der Waals surface area contributed by atoms with Crippen molar-refractivity contribution < 1.29 is 14.3 Å². The average Bonchev–Trinajstić information content (AvgIpc) is 3.02. The van der Waals surface area contributed by atoms with E-state index in [1.807, 2.05) is 37.3 Å². The van der Waals surface area contributed by atoms with Gasteiger partial charge in [-0.2, -0.15) is 10.2 Å². The number of nitrogens with zero attached hydrogens (tertiary/aromatic N) is 3. The molecule has 142 valence electrons. The summed E-state index contributed by atoms with van der Waals surface area (Å²) in [4.78, 5) is 12.3. The molecule has 0 radical (unpaired) electrons. The molecule has 1 amide bonds. The van der Waals surface area contributed by atoms with Gasteiger partial charge in [-0.3, -0.25) is 4.79 Å². The summed E-state index contributed by atoms with van der Waals surface area (Å²) in [7, 11) is 0. The molecule has 3 aromatic rings. The molecular formula is C20H17ClN4O3. The van der Waals surface area contributed by atoms with Crippen molar-refractivity contribution in [1.82, 2.24) is 15.2 Å². The summed E-state index contributed by atoms with van der Waals surface area (Å²) in [5.74, 6) is 0.811. The van der Waals surface area contributed by atoms with Crippen LogP contribution in [0.15, 0.2) is 53.6 Å². The Labute approximate surface area is 166 Å². The predicted molar refractivity (Wildman–Crippen MR) is 106 cm³/mol. The molecule has 28 heavy (non-hydrogen) atoms. The lowest BCUT2D eigenvalue weighted by atomic mass is 10.2. The van der Waals surface area contributed by atoms with E-state index in [0.717, 1.165) is 5.69 Å². The standard InChI is InChI=1S/C20H17ClN4O3/c1-13-16(19(21)25(24-13)15-5-3-2-4-6-15)12-22-23-20(26)14-7-8-17-18(11-14)28-10-9-27-17/h2-8,11-12H,9-10H2,1H3,(H,23,26)/b22-12-. The van der Waals surface area contributed by atoms with E-state index in [4.69, 9.17) is 21.1 Å². The summed E-state index contributed by atoms with van der Waals surface area (Å²) in [6, 6.07) is 14.5. The quantitative estimate of drug-likeness (QED) is 0.541. The van der Waals surface area contributed by atoms with E-state index >= 15 is 0 Å². The smallest absolute Gasteiger partial charge is 0.271 e. The summed E-state index contributed by atoms with van der Waals surface area (Å²) < 4.78 is 12.6. The monoisotopic (exact) mass is 396 g/mol. The molecule has 1 N–H and O–H groups in total. The largest absolute Gasteiger partial charge is 0.486 e. The minimum atomic E-state index is -0.363. The van der Waals surface area contributed by atoms with Gasteiger partial charge in [0.25, 0.3) is 5.91 Å². The normalized spacial score (nSPS) is 12.9. The molecule has 1 aromatic heterocycles. The number of aromatic nitrogens is 2. The lowest BCUT2D eigenvalue weighted by molar-refractivity contribution is 0.0954. The van der Waals surface area contributed by atoms with Gasteiger partial charge in [0, 0.05) is 5.56 Å². The van der Waals surface area contributed by atoms with Crippen LogP contribution < -0.4 is 14.9 Å². The van der Waals surface area contributed by atoms with Crippen molar-refractivity contribution in [2.75, 3.05) is 13.2 Å². The van der Waals surface area contributed by atoms with Gasteiger partial charge in [0.1, 0.15) is 18.4 Å². The third-order valence-corrected chi connectivity index (χ3v) is 4.58. The number of halogens is 1. The Morgan fingerprint density at radius 2 is 1.93 bits per heavy atom. The minimum Gasteiger partial charge on any atom is -0.486 e. The van der Waals surface area contributed by atoms with E-state index in [1.165, 1.54) is 6.21 Å². The number of aryl methyl sites for hydroxylation is 1. The van der Waals surface area contributed by atoms with E-state index in [9.17, 15) is 4.79 Å². The van der Waals surface area contributed by atoms with Crippen LogP contribution in [0.4, 0.5) is 0 Å². The van der Waals surface area contributed by atoms with E-state index < -0.39 is 0 Å². The molecule has 0 unspecified atom stereocenters. The first-order valence-electron chi connectivity index (χ1n) is 8.67. The number of benzene rings is 2. The van der Waals surface area contributed by atoms with Gasteiger partial charge in [-0.1, -0.05) is 29.8 Å². The second-order valence-electron chi connectivity index (χ2n) is 6.09. The number of fused-ring (bicyclic) bond motifs is 1. The number of carbonyl (C=O) groups is 1. The maximum Gasteiger partial charge on any atom is 0.271 e. The van der Waals surface area contributed by atoms with E-state index in [0.29, 0.717) is 46.7 Å². The molecular weight excluding hydrogens is 380 g/mol. The van der Waals surface area contributed by atoms with Gasteiger partial charge in [-0.15, -0.1) is 0 Å². The van der Waals surface area contributed by atoms with Crippen LogP contribution >= 0.6 is 11.6 Å². The summed E-state index contributed by atoms with van der Waals surface area (Å²) in [5, 5.41) is 8.88. The Hall–Kier alpha value is -3.32. The number of hydrazone groups is 1. The third kappa shape index (κ3) is 3.57. The SMILES string of the molecule is Cc1nn(-c2ccccc2)c(Cl)c1/C=N\NC(=O)c1ccc2c(c1)OCCO2. The van der Waals surface area contributed by atoms with Crippen LogP contribution in [0.5, 0.6) is 11.5 Å². The van der Waals surface area contributed by atoms with Crippen LogP contribution in [0.25, 0.3) is 5.69 Å². The molecule has 1 aliphatic rings. The van der Waals surface area contributed by atoms with Gasteiger partial charge in [0.2, 0.25) is 0 Å². The maximum atomic E-state index is 12.3. The molecule has 0 saturated heterocycles. The molecule has 0 fully saturated rings. The van der Waals surface area contributed by atoms with Crippen LogP contribution in [0.3, 0.4) is 0 Å². The fourth-order valence-corrected chi connectivity index (χ4v) is 3.12. The Balaban J connectivity index is 1.49. The van der Waals surface area contributed by atoms with Gasteiger partial charge in [0.05, 0.1) is 23.2 Å². The summed E-state index contributed by atoms with van der Waals surface area (Å²) in [6.07, 6.45) is 1.49. The molecule has 7 nitrogen and oxygen atoms in total. The number of hydrogen-bond donors (Lipinski definition) is 1. The Kier molecular flexibility index (Phi) is 4.99. The second-order valence-corrected chi connectivity index (χ2v) is 6.45. The van der Waals surface area contributed by atoms with Gasteiger partial charge < -0.3 is 9.47 Å². The number of hydrogen-bond acceptors (Lipinski definition) is 5. The van der Waals surface area contributed by atoms with Crippen molar-refractivity contribution >= 4 is 23.7 Å².